The van der Waals surface area contributed by atoms with E-state index in [9.17, 15) is 9.59 Å². The molecule has 2 amide bonds. The molecule has 3 rings (SSSR count). The molecule has 0 N–H and O–H groups in total. The maximum absolute atomic E-state index is 12.6. The maximum atomic E-state index is 12.6. The maximum Gasteiger partial charge on any atom is 0.246 e. The quantitative estimate of drug-likeness (QED) is 0.758. The van der Waals surface area contributed by atoms with Crippen molar-refractivity contribution in [3.8, 4) is 0 Å². The fourth-order valence-corrected chi connectivity index (χ4v) is 5.22. The zero-order valence-electron chi connectivity index (χ0n) is 15.7. The van der Waals surface area contributed by atoms with Gasteiger partial charge in [-0.15, -0.1) is 11.8 Å². The fraction of sp³-hybridized carbons (Fsp3) is 0.524. The first-order valence-corrected chi connectivity index (χ1v) is 10.5. The highest BCUT2D eigenvalue weighted by molar-refractivity contribution is 8.00. The Kier molecular flexibility index (Phi) is 6.07. The molecule has 0 aliphatic carbocycles. The first kappa shape index (κ1) is 19.0. The van der Waals surface area contributed by atoms with Crippen molar-refractivity contribution in [2.45, 2.75) is 38.0 Å². The summed E-state index contributed by atoms with van der Waals surface area (Å²) in [5.74, 6) is 1.72. The zero-order valence-corrected chi connectivity index (χ0v) is 16.5. The summed E-state index contributed by atoms with van der Waals surface area (Å²) >= 11 is 1.90. The van der Waals surface area contributed by atoms with Gasteiger partial charge in [-0.2, -0.15) is 0 Å². The van der Waals surface area contributed by atoms with Crippen molar-refractivity contribution in [2.24, 2.45) is 5.92 Å². The summed E-state index contributed by atoms with van der Waals surface area (Å²) < 4.78 is 0. The van der Waals surface area contributed by atoms with Crippen molar-refractivity contribution in [3.05, 3.63) is 42.0 Å². The number of carbonyl (C=O) groups excluding carboxylic acids is 2. The van der Waals surface area contributed by atoms with Crippen LogP contribution < -0.4 is 0 Å². The lowest BCUT2D eigenvalue weighted by atomic mass is 10.00. The molecule has 1 spiro atoms. The summed E-state index contributed by atoms with van der Waals surface area (Å²) in [6, 6.07) is 9.88. The van der Waals surface area contributed by atoms with Crippen LogP contribution in [-0.4, -0.2) is 51.9 Å². The lowest BCUT2D eigenvalue weighted by Crippen LogP contribution is -2.53. The topological polar surface area (TPSA) is 40.6 Å². The van der Waals surface area contributed by atoms with Crippen LogP contribution in [0.1, 0.15) is 38.7 Å². The molecular weight excluding hydrogens is 344 g/mol. The van der Waals surface area contributed by atoms with Crippen molar-refractivity contribution < 1.29 is 9.59 Å². The number of thioether (sulfide) groups is 1. The van der Waals surface area contributed by atoms with Gasteiger partial charge in [-0.1, -0.05) is 44.2 Å². The van der Waals surface area contributed by atoms with E-state index < -0.39 is 0 Å². The Morgan fingerprint density at radius 3 is 2.50 bits per heavy atom. The number of likely N-dealkylation sites (tertiary alicyclic amines) is 1. The van der Waals surface area contributed by atoms with E-state index in [0.717, 1.165) is 43.8 Å². The van der Waals surface area contributed by atoms with Crippen LogP contribution in [-0.2, 0) is 9.59 Å². The largest absolute Gasteiger partial charge is 0.339 e. The number of carbonyl (C=O) groups is 2. The van der Waals surface area contributed by atoms with Gasteiger partial charge in [-0.3, -0.25) is 9.59 Å². The van der Waals surface area contributed by atoms with Crippen LogP contribution >= 0.6 is 11.8 Å². The van der Waals surface area contributed by atoms with E-state index in [4.69, 9.17) is 0 Å². The van der Waals surface area contributed by atoms with Crippen LogP contribution in [0.15, 0.2) is 36.4 Å². The number of amides is 2. The number of piperidine rings is 1. The number of rotatable bonds is 4. The van der Waals surface area contributed by atoms with E-state index in [-0.39, 0.29) is 16.7 Å². The molecule has 2 aliphatic heterocycles. The molecule has 2 fully saturated rings. The average molecular weight is 373 g/mol. The predicted octanol–water partition coefficient (Wildman–Crippen LogP) is 3.64. The average Bonchev–Trinajstić information content (AvgIpc) is 3.04. The number of nitrogens with zero attached hydrogens (tertiary/aromatic N) is 2. The lowest BCUT2D eigenvalue weighted by Gasteiger charge is -2.44. The van der Waals surface area contributed by atoms with E-state index in [1.54, 1.807) is 6.08 Å². The van der Waals surface area contributed by atoms with E-state index in [2.05, 4.69) is 18.7 Å². The van der Waals surface area contributed by atoms with E-state index >= 15 is 0 Å². The Balaban J connectivity index is 1.58. The summed E-state index contributed by atoms with van der Waals surface area (Å²) in [7, 11) is 0. The minimum Gasteiger partial charge on any atom is -0.339 e. The third-order valence-corrected chi connectivity index (χ3v) is 6.69. The molecule has 0 aromatic heterocycles. The first-order chi connectivity index (χ1) is 12.5. The van der Waals surface area contributed by atoms with Crippen LogP contribution in [0.4, 0.5) is 0 Å². The number of hydrogen-bond donors (Lipinski definition) is 0. The Morgan fingerprint density at radius 2 is 1.85 bits per heavy atom. The second kappa shape index (κ2) is 8.30. The van der Waals surface area contributed by atoms with Gasteiger partial charge in [0, 0.05) is 37.9 Å². The second-order valence-electron chi connectivity index (χ2n) is 7.51. The molecule has 26 heavy (non-hydrogen) atoms. The summed E-state index contributed by atoms with van der Waals surface area (Å²) in [5, 5.41) is 0. The Labute approximate surface area is 160 Å². The summed E-state index contributed by atoms with van der Waals surface area (Å²) in [6.45, 7) is 6.47. The Morgan fingerprint density at radius 1 is 1.15 bits per heavy atom. The monoisotopic (exact) mass is 372 g/mol. The highest BCUT2D eigenvalue weighted by atomic mass is 32.2. The standard InChI is InChI=1S/C21H28N2O2S/c1-17(2)16-20(25)23-14-15-26-21(23)10-12-22(13-11-21)19(24)9-8-18-6-4-3-5-7-18/h3-9,17H,10-16H2,1-2H3/b9-8+. The van der Waals surface area contributed by atoms with Crippen molar-refractivity contribution in [2.75, 3.05) is 25.4 Å². The van der Waals surface area contributed by atoms with Crippen LogP contribution in [0.5, 0.6) is 0 Å². The molecule has 1 aromatic rings. The lowest BCUT2D eigenvalue weighted by molar-refractivity contribution is -0.136. The van der Waals surface area contributed by atoms with E-state index in [1.807, 2.05) is 53.1 Å². The summed E-state index contributed by atoms with van der Waals surface area (Å²) in [4.78, 5) is 29.0. The van der Waals surface area contributed by atoms with Gasteiger partial charge in [0.2, 0.25) is 11.8 Å². The van der Waals surface area contributed by atoms with Crippen molar-refractivity contribution in [1.82, 2.24) is 9.80 Å². The van der Waals surface area contributed by atoms with Gasteiger partial charge in [0.15, 0.2) is 0 Å². The molecule has 0 atom stereocenters. The molecule has 2 aliphatic rings. The molecule has 4 nitrogen and oxygen atoms in total. The highest BCUT2D eigenvalue weighted by Gasteiger charge is 2.46. The van der Waals surface area contributed by atoms with Crippen LogP contribution in [0.2, 0.25) is 0 Å². The van der Waals surface area contributed by atoms with Crippen LogP contribution in [0, 0.1) is 5.92 Å². The number of hydrogen-bond acceptors (Lipinski definition) is 3. The number of benzene rings is 1. The molecule has 140 valence electrons. The van der Waals surface area contributed by atoms with Crippen molar-refractivity contribution >= 4 is 29.7 Å². The highest BCUT2D eigenvalue weighted by Crippen LogP contribution is 2.44. The van der Waals surface area contributed by atoms with Crippen molar-refractivity contribution in [1.29, 1.82) is 0 Å². The second-order valence-corrected chi connectivity index (χ2v) is 8.96. The summed E-state index contributed by atoms with van der Waals surface area (Å²) in [5.41, 5.74) is 1.03. The van der Waals surface area contributed by atoms with Gasteiger partial charge in [0.25, 0.3) is 0 Å². The first-order valence-electron chi connectivity index (χ1n) is 9.47. The van der Waals surface area contributed by atoms with Gasteiger partial charge >= 0.3 is 0 Å². The van der Waals surface area contributed by atoms with Gasteiger partial charge in [-0.05, 0) is 30.4 Å². The van der Waals surface area contributed by atoms with Gasteiger partial charge in [0.05, 0.1) is 4.87 Å². The molecule has 5 heteroatoms. The smallest absolute Gasteiger partial charge is 0.246 e. The molecule has 0 saturated carbocycles. The molecule has 0 bridgehead atoms. The fourth-order valence-electron chi connectivity index (χ4n) is 3.75. The van der Waals surface area contributed by atoms with E-state index in [0.29, 0.717) is 12.3 Å². The SMILES string of the molecule is CC(C)CC(=O)N1CCSC12CCN(C(=O)/C=C/c1ccccc1)CC2. The molecule has 2 heterocycles. The van der Waals surface area contributed by atoms with E-state index in [1.165, 1.54) is 0 Å². The van der Waals surface area contributed by atoms with Gasteiger partial charge in [0.1, 0.15) is 0 Å². The molecule has 1 aromatic carbocycles. The van der Waals surface area contributed by atoms with Gasteiger partial charge < -0.3 is 9.80 Å². The third-order valence-electron chi connectivity index (χ3n) is 5.14. The normalized spacial score (nSPS) is 19.7. The predicted molar refractivity (Wildman–Crippen MR) is 108 cm³/mol. The zero-order chi connectivity index (χ0) is 18.6. The molecule has 0 radical (unpaired) electrons. The minimum atomic E-state index is -0.0914. The molecule has 2 saturated heterocycles. The molecular formula is C21H28N2O2S. The van der Waals surface area contributed by atoms with Crippen LogP contribution in [0.25, 0.3) is 6.08 Å². The summed E-state index contributed by atoms with van der Waals surface area (Å²) in [6.07, 6.45) is 5.88. The third kappa shape index (κ3) is 4.32. The minimum absolute atomic E-state index is 0.0618. The van der Waals surface area contributed by atoms with Gasteiger partial charge in [-0.25, -0.2) is 0 Å². The van der Waals surface area contributed by atoms with Crippen LogP contribution in [0.3, 0.4) is 0 Å². The Bertz CT molecular complexity index is 664. The van der Waals surface area contributed by atoms with Crippen molar-refractivity contribution in [3.63, 3.8) is 0 Å². The Hall–Kier alpha value is -1.75. The molecule has 0 unspecified atom stereocenters.